The Morgan fingerprint density at radius 1 is 1.09 bits per heavy atom. The number of aliphatic imine (C=N–C) groups is 2. The SMILES string of the molecule is C=CN=C(N=C)c1ccc(CCCCCCC2CCC2)cc1. The summed E-state index contributed by atoms with van der Waals surface area (Å²) in [5, 5.41) is 0. The highest BCUT2D eigenvalue weighted by molar-refractivity contribution is 6.01. The van der Waals surface area contributed by atoms with Crippen LogP contribution in [-0.2, 0) is 6.42 Å². The van der Waals surface area contributed by atoms with E-state index in [1.54, 1.807) is 0 Å². The lowest BCUT2D eigenvalue weighted by atomic mass is 9.81. The minimum absolute atomic E-state index is 0.637. The van der Waals surface area contributed by atoms with Crippen LogP contribution in [0.3, 0.4) is 0 Å². The van der Waals surface area contributed by atoms with Gasteiger partial charge in [0, 0.05) is 11.8 Å². The van der Waals surface area contributed by atoms with Crippen molar-refractivity contribution in [2.24, 2.45) is 15.9 Å². The summed E-state index contributed by atoms with van der Waals surface area (Å²) in [5.41, 5.74) is 2.39. The first-order valence-corrected chi connectivity index (χ1v) is 8.58. The fraction of sp³-hybridized carbons (Fsp3) is 0.500. The second-order valence-electron chi connectivity index (χ2n) is 6.24. The first kappa shape index (κ1) is 16.7. The van der Waals surface area contributed by atoms with Crippen LogP contribution in [0.1, 0.15) is 62.5 Å². The van der Waals surface area contributed by atoms with Gasteiger partial charge in [0.1, 0.15) is 0 Å². The predicted octanol–water partition coefficient (Wildman–Crippen LogP) is 5.57. The summed E-state index contributed by atoms with van der Waals surface area (Å²) in [6.45, 7) is 7.15. The van der Waals surface area contributed by atoms with Crippen LogP contribution in [0.2, 0.25) is 0 Å². The van der Waals surface area contributed by atoms with Crippen molar-refractivity contribution >= 4 is 12.6 Å². The van der Waals surface area contributed by atoms with E-state index in [1.807, 2.05) is 0 Å². The highest BCUT2D eigenvalue weighted by Gasteiger charge is 2.15. The van der Waals surface area contributed by atoms with Gasteiger partial charge in [0.15, 0.2) is 5.84 Å². The minimum atomic E-state index is 0.637. The summed E-state index contributed by atoms with van der Waals surface area (Å²) >= 11 is 0. The molecule has 0 aromatic heterocycles. The van der Waals surface area contributed by atoms with Crippen LogP contribution in [-0.4, -0.2) is 12.6 Å². The standard InChI is InChI=1S/C20H28N2/c1-3-22-20(21-2)19-15-13-18(14-16-19)10-7-5-4-6-9-17-11-8-12-17/h3,13-17H,1-2,4-12H2. The molecule has 1 aromatic rings. The van der Waals surface area contributed by atoms with E-state index < -0.39 is 0 Å². The zero-order valence-corrected chi connectivity index (χ0v) is 13.6. The van der Waals surface area contributed by atoms with Crippen LogP contribution < -0.4 is 0 Å². The van der Waals surface area contributed by atoms with Gasteiger partial charge in [-0.1, -0.05) is 75.8 Å². The molecule has 0 aliphatic heterocycles. The van der Waals surface area contributed by atoms with Gasteiger partial charge in [-0.2, -0.15) is 0 Å². The molecule has 1 fully saturated rings. The first-order chi connectivity index (χ1) is 10.8. The Labute approximate surface area is 135 Å². The Morgan fingerprint density at radius 2 is 1.82 bits per heavy atom. The molecule has 0 N–H and O–H groups in total. The van der Waals surface area contributed by atoms with Crippen LogP contribution in [0.5, 0.6) is 0 Å². The Bertz CT molecular complexity index is 495. The van der Waals surface area contributed by atoms with E-state index in [0.29, 0.717) is 5.84 Å². The number of unbranched alkanes of at least 4 members (excludes halogenated alkanes) is 3. The zero-order chi connectivity index (χ0) is 15.6. The van der Waals surface area contributed by atoms with E-state index in [-0.39, 0.29) is 0 Å². The van der Waals surface area contributed by atoms with Gasteiger partial charge < -0.3 is 0 Å². The van der Waals surface area contributed by atoms with Gasteiger partial charge in [0.05, 0.1) is 0 Å². The van der Waals surface area contributed by atoms with E-state index in [0.717, 1.165) is 11.5 Å². The molecule has 0 amide bonds. The van der Waals surface area contributed by atoms with E-state index in [4.69, 9.17) is 0 Å². The van der Waals surface area contributed by atoms with E-state index in [9.17, 15) is 0 Å². The normalized spacial score (nSPS) is 15.4. The summed E-state index contributed by atoms with van der Waals surface area (Å²) in [4.78, 5) is 8.04. The van der Waals surface area contributed by atoms with Gasteiger partial charge >= 0.3 is 0 Å². The van der Waals surface area contributed by atoms with Crippen LogP contribution in [0.15, 0.2) is 47.0 Å². The average Bonchev–Trinajstić information content (AvgIpc) is 2.51. The first-order valence-electron chi connectivity index (χ1n) is 8.58. The number of nitrogens with zero attached hydrogens (tertiary/aromatic N) is 2. The van der Waals surface area contributed by atoms with Crippen molar-refractivity contribution in [3.05, 3.63) is 48.2 Å². The average molecular weight is 296 g/mol. The number of benzene rings is 1. The molecule has 1 saturated carbocycles. The second kappa shape index (κ2) is 9.34. The van der Waals surface area contributed by atoms with Crippen molar-refractivity contribution in [3.63, 3.8) is 0 Å². The van der Waals surface area contributed by atoms with Gasteiger partial charge in [-0.25, -0.2) is 9.98 Å². The Hall–Kier alpha value is -1.70. The number of hydrogen-bond donors (Lipinski definition) is 0. The fourth-order valence-electron chi connectivity index (χ4n) is 3.01. The number of hydrogen-bond acceptors (Lipinski definition) is 1. The van der Waals surface area contributed by atoms with E-state index in [1.165, 1.54) is 69.6 Å². The van der Waals surface area contributed by atoms with Crippen LogP contribution in [0, 0.1) is 5.92 Å². The molecule has 1 aliphatic carbocycles. The molecule has 2 nitrogen and oxygen atoms in total. The molecule has 0 spiro atoms. The zero-order valence-electron chi connectivity index (χ0n) is 13.6. The Kier molecular flexibility index (Phi) is 7.08. The van der Waals surface area contributed by atoms with Crippen molar-refractivity contribution in [3.8, 4) is 0 Å². The van der Waals surface area contributed by atoms with E-state index in [2.05, 4.69) is 47.5 Å². The summed E-state index contributed by atoms with van der Waals surface area (Å²) in [6, 6.07) is 8.49. The van der Waals surface area contributed by atoms with Crippen LogP contribution >= 0.6 is 0 Å². The molecular formula is C20H28N2. The maximum Gasteiger partial charge on any atom is 0.158 e. The smallest absolute Gasteiger partial charge is 0.158 e. The van der Waals surface area contributed by atoms with Crippen molar-refractivity contribution in [1.29, 1.82) is 0 Å². The predicted molar refractivity (Wildman–Crippen MR) is 96.9 cm³/mol. The number of amidine groups is 1. The third-order valence-electron chi connectivity index (χ3n) is 4.63. The van der Waals surface area contributed by atoms with E-state index >= 15 is 0 Å². The van der Waals surface area contributed by atoms with Gasteiger partial charge in [0.25, 0.3) is 0 Å². The molecule has 0 unspecified atom stereocenters. The maximum absolute atomic E-state index is 4.12. The third-order valence-corrected chi connectivity index (χ3v) is 4.63. The monoisotopic (exact) mass is 296 g/mol. The largest absolute Gasteiger partial charge is 0.245 e. The molecule has 0 bridgehead atoms. The molecule has 1 aromatic carbocycles. The van der Waals surface area contributed by atoms with Crippen LogP contribution in [0.4, 0.5) is 0 Å². The Balaban J connectivity index is 1.66. The molecule has 0 radical (unpaired) electrons. The number of rotatable bonds is 9. The highest BCUT2D eigenvalue weighted by atomic mass is 14.9. The van der Waals surface area contributed by atoms with Crippen molar-refractivity contribution < 1.29 is 0 Å². The molecule has 0 heterocycles. The topological polar surface area (TPSA) is 24.7 Å². The molecule has 0 saturated heterocycles. The molecular weight excluding hydrogens is 268 g/mol. The summed E-state index contributed by atoms with van der Waals surface area (Å²) in [6.07, 6.45) is 14.0. The molecule has 2 heteroatoms. The number of aryl methyl sites for hydroxylation is 1. The van der Waals surface area contributed by atoms with Crippen molar-refractivity contribution in [1.82, 2.24) is 0 Å². The summed E-state index contributed by atoms with van der Waals surface area (Å²) < 4.78 is 0. The van der Waals surface area contributed by atoms with Crippen molar-refractivity contribution in [2.75, 3.05) is 0 Å². The van der Waals surface area contributed by atoms with Crippen LogP contribution in [0.25, 0.3) is 0 Å². The lowest BCUT2D eigenvalue weighted by molar-refractivity contribution is 0.286. The molecule has 1 aliphatic rings. The van der Waals surface area contributed by atoms with Crippen molar-refractivity contribution in [2.45, 2.75) is 57.8 Å². The lowest BCUT2D eigenvalue weighted by Gasteiger charge is -2.24. The fourth-order valence-corrected chi connectivity index (χ4v) is 3.01. The maximum atomic E-state index is 4.12. The quantitative estimate of drug-likeness (QED) is 0.323. The third kappa shape index (κ3) is 5.25. The van der Waals surface area contributed by atoms with Gasteiger partial charge in [-0.05, 0) is 31.0 Å². The molecule has 118 valence electrons. The summed E-state index contributed by atoms with van der Waals surface area (Å²) in [7, 11) is 0. The second-order valence-corrected chi connectivity index (χ2v) is 6.24. The molecule has 2 rings (SSSR count). The Morgan fingerprint density at radius 3 is 2.41 bits per heavy atom. The van der Waals surface area contributed by atoms with Gasteiger partial charge in [0.2, 0.25) is 0 Å². The van der Waals surface area contributed by atoms with Gasteiger partial charge in [-0.15, -0.1) is 0 Å². The molecule has 0 atom stereocenters. The lowest BCUT2D eigenvalue weighted by Crippen LogP contribution is -2.10. The minimum Gasteiger partial charge on any atom is -0.245 e. The summed E-state index contributed by atoms with van der Waals surface area (Å²) in [5.74, 6) is 1.70. The molecule has 22 heavy (non-hydrogen) atoms. The van der Waals surface area contributed by atoms with Gasteiger partial charge in [-0.3, -0.25) is 0 Å². The highest BCUT2D eigenvalue weighted by Crippen LogP contribution is 2.31.